The van der Waals surface area contributed by atoms with Crippen LogP contribution in [-0.2, 0) is 16.6 Å². The zero-order valence-corrected chi connectivity index (χ0v) is 14.8. The molecular weight excluding hydrogens is 374 g/mol. The fourth-order valence-electron chi connectivity index (χ4n) is 1.92. The third kappa shape index (κ3) is 3.70. The largest absolute Gasteiger partial charge is 0.326 e. The van der Waals surface area contributed by atoms with Crippen molar-refractivity contribution < 1.29 is 8.42 Å². The van der Waals surface area contributed by atoms with Crippen LogP contribution in [0.3, 0.4) is 0 Å². The van der Waals surface area contributed by atoms with Crippen LogP contribution in [0.4, 0.5) is 0 Å². The molecule has 21 heavy (non-hydrogen) atoms. The maximum atomic E-state index is 12.6. The van der Waals surface area contributed by atoms with Crippen molar-refractivity contribution in [3.63, 3.8) is 0 Å². The summed E-state index contributed by atoms with van der Waals surface area (Å²) in [7, 11) is -3.66. The van der Waals surface area contributed by atoms with Gasteiger partial charge in [-0.1, -0.05) is 6.07 Å². The van der Waals surface area contributed by atoms with Crippen molar-refractivity contribution in [1.82, 2.24) is 9.71 Å². The number of nitrogens with two attached hydrogens (primary N) is 1. The molecular formula is C13H16BrN3O2S2. The standard InChI is InChI=1S/C13H16BrN3O2S2/c1-8-5-10(7-15)6-11(12(8)14)21(18,19)17-9(2)13-16-3-4-20-13/h3-6,9,17H,7,15H2,1-2H3. The summed E-state index contributed by atoms with van der Waals surface area (Å²) < 4.78 is 28.3. The minimum Gasteiger partial charge on any atom is -0.326 e. The molecule has 8 heteroatoms. The molecule has 0 aliphatic heterocycles. The van der Waals surface area contributed by atoms with Gasteiger partial charge >= 0.3 is 0 Å². The smallest absolute Gasteiger partial charge is 0.242 e. The predicted octanol–water partition coefficient (Wildman–Crippen LogP) is 2.71. The van der Waals surface area contributed by atoms with Crippen molar-refractivity contribution in [1.29, 1.82) is 0 Å². The third-order valence-corrected chi connectivity index (χ3v) is 6.80. The molecule has 0 saturated carbocycles. The molecule has 2 rings (SSSR count). The van der Waals surface area contributed by atoms with Gasteiger partial charge in [0.05, 0.1) is 10.9 Å². The summed E-state index contributed by atoms with van der Waals surface area (Å²) >= 11 is 4.76. The lowest BCUT2D eigenvalue weighted by Crippen LogP contribution is -2.27. The van der Waals surface area contributed by atoms with E-state index >= 15 is 0 Å². The first-order valence-corrected chi connectivity index (χ1v) is 9.41. The van der Waals surface area contributed by atoms with Crippen molar-refractivity contribution in [2.24, 2.45) is 5.73 Å². The van der Waals surface area contributed by atoms with Crippen LogP contribution in [-0.4, -0.2) is 13.4 Å². The second-order valence-corrected chi connectivity index (χ2v) is 8.04. The zero-order valence-electron chi connectivity index (χ0n) is 11.6. The van der Waals surface area contributed by atoms with E-state index in [2.05, 4.69) is 25.6 Å². The van der Waals surface area contributed by atoms with Gasteiger partial charge in [-0.2, -0.15) is 0 Å². The number of aromatic nitrogens is 1. The third-order valence-electron chi connectivity index (χ3n) is 2.96. The van der Waals surface area contributed by atoms with Gasteiger partial charge in [0, 0.05) is 22.6 Å². The SMILES string of the molecule is Cc1cc(CN)cc(S(=O)(=O)NC(C)c2nccs2)c1Br. The number of aryl methyl sites for hydroxylation is 1. The van der Waals surface area contributed by atoms with E-state index in [9.17, 15) is 8.42 Å². The molecule has 1 aromatic heterocycles. The summed E-state index contributed by atoms with van der Waals surface area (Å²) in [5, 5.41) is 2.54. The van der Waals surface area contributed by atoms with Crippen molar-refractivity contribution in [2.45, 2.75) is 31.3 Å². The average molecular weight is 390 g/mol. The number of nitrogens with zero attached hydrogens (tertiary/aromatic N) is 1. The molecule has 0 saturated heterocycles. The van der Waals surface area contributed by atoms with Crippen molar-refractivity contribution in [3.05, 3.63) is 44.3 Å². The molecule has 1 heterocycles. The number of thiazole rings is 1. The van der Waals surface area contributed by atoms with Gasteiger partial charge in [0.15, 0.2) is 0 Å². The molecule has 1 atom stereocenters. The monoisotopic (exact) mass is 389 g/mol. The summed E-state index contributed by atoms with van der Waals surface area (Å²) in [5.41, 5.74) is 7.23. The Labute approximate surface area is 136 Å². The summed E-state index contributed by atoms with van der Waals surface area (Å²) in [6, 6.07) is 3.07. The molecule has 114 valence electrons. The number of benzene rings is 1. The number of hydrogen-bond acceptors (Lipinski definition) is 5. The fourth-order valence-corrected chi connectivity index (χ4v) is 4.91. The molecule has 3 N–H and O–H groups in total. The first-order valence-electron chi connectivity index (χ1n) is 6.26. The van der Waals surface area contributed by atoms with Gasteiger partial charge in [0.1, 0.15) is 5.01 Å². The lowest BCUT2D eigenvalue weighted by atomic mass is 10.1. The summed E-state index contributed by atoms with van der Waals surface area (Å²) in [4.78, 5) is 4.33. The van der Waals surface area contributed by atoms with Gasteiger partial charge < -0.3 is 5.73 Å². The molecule has 0 aliphatic rings. The van der Waals surface area contributed by atoms with E-state index < -0.39 is 10.0 Å². The van der Waals surface area contributed by atoms with Crippen LogP contribution in [0.25, 0.3) is 0 Å². The van der Waals surface area contributed by atoms with E-state index in [1.54, 1.807) is 19.2 Å². The molecule has 0 fully saturated rings. The summed E-state index contributed by atoms with van der Waals surface area (Å²) in [5.74, 6) is 0. The van der Waals surface area contributed by atoms with Gasteiger partial charge in [-0.3, -0.25) is 0 Å². The van der Waals surface area contributed by atoms with Crippen molar-refractivity contribution >= 4 is 37.3 Å². The number of sulfonamides is 1. The Balaban J connectivity index is 2.38. The Hall–Kier alpha value is -0.800. The Kier molecular flexibility index (Phi) is 5.15. The topological polar surface area (TPSA) is 85.1 Å². The zero-order chi connectivity index (χ0) is 15.6. The molecule has 0 bridgehead atoms. The highest BCUT2D eigenvalue weighted by Gasteiger charge is 2.23. The molecule has 5 nitrogen and oxygen atoms in total. The van der Waals surface area contributed by atoms with E-state index in [1.807, 2.05) is 18.4 Å². The van der Waals surface area contributed by atoms with E-state index in [4.69, 9.17) is 5.73 Å². The number of nitrogens with one attached hydrogen (secondary N) is 1. The number of halogens is 1. The molecule has 0 aliphatic carbocycles. The van der Waals surface area contributed by atoms with Gasteiger partial charge in [-0.25, -0.2) is 18.1 Å². The van der Waals surface area contributed by atoms with Crippen molar-refractivity contribution in [3.8, 4) is 0 Å². The Morgan fingerprint density at radius 3 is 2.76 bits per heavy atom. The highest BCUT2D eigenvalue weighted by atomic mass is 79.9. The summed E-state index contributed by atoms with van der Waals surface area (Å²) in [6.45, 7) is 3.90. The molecule has 2 aromatic rings. The second-order valence-electron chi connectivity index (χ2n) is 4.64. The average Bonchev–Trinajstić information content (AvgIpc) is 2.95. The van der Waals surface area contributed by atoms with Gasteiger partial charge in [-0.05, 0) is 47.0 Å². The molecule has 0 radical (unpaired) electrons. The maximum absolute atomic E-state index is 12.6. The van der Waals surface area contributed by atoms with Crippen LogP contribution in [0.2, 0.25) is 0 Å². The molecule has 1 aromatic carbocycles. The van der Waals surface area contributed by atoms with Crippen LogP contribution < -0.4 is 10.5 Å². The quantitative estimate of drug-likeness (QED) is 0.822. The van der Waals surface area contributed by atoms with Gasteiger partial charge in [0.2, 0.25) is 10.0 Å². The van der Waals surface area contributed by atoms with E-state index in [0.29, 0.717) is 11.0 Å². The fraction of sp³-hybridized carbons (Fsp3) is 0.308. The second kappa shape index (κ2) is 6.53. The van der Waals surface area contributed by atoms with E-state index in [0.717, 1.165) is 16.1 Å². The minimum absolute atomic E-state index is 0.200. The van der Waals surface area contributed by atoms with Crippen LogP contribution >= 0.6 is 27.3 Å². The van der Waals surface area contributed by atoms with Gasteiger partial charge in [0.25, 0.3) is 0 Å². The van der Waals surface area contributed by atoms with Crippen LogP contribution in [0, 0.1) is 6.92 Å². The highest BCUT2D eigenvalue weighted by Crippen LogP contribution is 2.28. The van der Waals surface area contributed by atoms with Crippen LogP contribution in [0.5, 0.6) is 0 Å². The van der Waals surface area contributed by atoms with Crippen LogP contribution in [0.15, 0.2) is 33.1 Å². The maximum Gasteiger partial charge on any atom is 0.242 e. The normalized spacial score (nSPS) is 13.3. The lowest BCUT2D eigenvalue weighted by Gasteiger charge is -2.15. The highest BCUT2D eigenvalue weighted by molar-refractivity contribution is 9.10. The number of hydrogen-bond donors (Lipinski definition) is 2. The van der Waals surface area contributed by atoms with Crippen molar-refractivity contribution in [2.75, 3.05) is 0 Å². The molecule has 1 unspecified atom stereocenters. The van der Waals surface area contributed by atoms with Gasteiger partial charge in [-0.15, -0.1) is 11.3 Å². The molecule has 0 spiro atoms. The first-order chi connectivity index (χ1) is 9.85. The summed E-state index contributed by atoms with van der Waals surface area (Å²) in [6.07, 6.45) is 1.65. The van der Waals surface area contributed by atoms with Crippen LogP contribution in [0.1, 0.15) is 29.1 Å². The molecule has 0 amide bonds. The van der Waals surface area contributed by atoms with E-state index in [1.165, 1.54) is 11.3 Å². The Morgan fingerprint density at radius 2 is 2.19 bits per heavy atom. The Bertz CT molecular complexity index is 730. The lowest BCUT2D eigenvalue weighted by molar-refractivity contribution is 0.565. The first kappa shape index (κ1) is 16.6. The van der Waals surface area contributed by atoms with E-state index in [-0.39, 0.29) is 10.9 Å². The number of rotatable bonds is 5. The Morgan fingerprint density at radius 1 is 1.48 bits per heavy atom. The predicted molar refractivity (Wildman–Crippen MR) is 87.6 cm³/mol. The minimum atomic E-state index is -3.66.